The predicted molar refractivity (Wildman–Crippen MR) is 313 cm³/mol. The smallest absolute Gasteiger partial charge is 0.266 e. The number of anilines is 2. The average Bonchev–Trinajstić information content (AvgIpc) is 1.97. The van der Waals surface area contributed by atoms with Gasteiger partial charge in [0.25, 0.3) is 23.6 Å². The van der Waals surface area contributed by atoms with Gasteiger partial charge in [0.2, 0.25) is 0 Å². The molecule has 9 aromatic carbocycles. The Morgan fingerprint density at radius 1 is 0.397 bits per heavy atom. The Bertz CT molecular complexity index is 3740. The molecule has 392 valence electrons. The second kappa shape index (κ2) is 19.7. The highest BCUT2D eigenvalue weighted by Gasteiger charge is 2.42. The summed E-state index contributed by atoms with van der Waals surface area (Å²) in [6, 6.07) is 34.1. The number of benzene rings is 9. The minimum Gasteiger partial charge on any atom is -0.493 e. The lowest BCUT2D eigenvalue weighted by atomic mass is 9.80. The highest BCUT2D eigenvalue weighted by atomic mass is 16.5. The third kappa shape index (κ3) is 7.90. The number of hydrogen-bond acceptors (Lipinski definition) is 8. The summed E-state index contributed by atoms with van der Waals surface area (Å²) in [5.41, 5.74) is 7.74. The Hall–Kier alpha value is -8.76. The topological polar surface area (TPSA) is 112 Å². The van der Waals surface area contributed by atoms with Gasteiger partial charge in [-0.15, -0.1) is 13.2 Å². The van der Waals surface area contributed by atoms with Crippen molar-refractivity contribution in [3.63, 3.8) is 0 Å². The third-order valence-corrected chi connectivity index (χ3v) is 15.6. The van der Waals surface area contributed by atoms with Crippen LogP contribution in [0.2, 0.25) is 0 Å². The van der Waals surface area contributed by atoms with Gasteiger partial charge in [0.1, 0.15) is 11.5 Å². The summed E-state index contributed by atoms with van der Waals surface area (Å²) in [7, 11) is 3.15. The molecular weight excluding hydrogens is 973 g/mol. The van der Waals surface area contributed by atoms with E-state index in [0.29, 0.717) is 113 Å². The Morgan fingerprint density at radius 2 is 0.744 bits per heavy atom. The van der Waals surface area contributed by atoms with E-state index in [4.69, 9.17) is 18.9 Å². The summed E-state index contributed by atoms with van der Waals surface area (Å²) in [5, 5.41) is 4.36. The van der Waals surface area contributed by atoms with Crippen LogP contribution < -0.4 is 28.7 Å². The number of fused-ring (bicyclic) bond motifs is 2. The van der Waals surface area contributed by atoms with Gasteiger partial charge in [-0.2, -0.15) is 0 Å². The van der Waals surface area contributed by atoms with Gasteiger partial charge in [-0.1, -0.05) is 128 Å². The maximum Gasteiger partial charge on any atom is 0.266 e. The first kappa shape index (κ1) is 51.4. The molecular formula is C68H62N2O8. The van der Waals surface area contributed by atoms with Crippen LogP contribution in [0.15, 0.2) is 135 Å². The molecule has 10 nitrogen and oxygen atoms in total. The standard InChI is InChI=1S/C68H62N2O8/c1-13-17-39-23-29-51(53(31-39)75-11)77-55-33-49-57-47(65(71)69(67(49)73)63-41(35(3)4)19-15-20-42(63)36(5)6)28-26-46-60-56(78-52-30-24-40(18-14-2)32-54(52)76-12)34-50-58-48(27-25-45(62(58)60)59(55)61(46)57)66(72)70(68(50)74)64-43(37(7)8)21-16-22-44(64)38(9)10/h13-16,19-38H,1-2,17-18H2,3-12H3. The quantitative estimate of drug-likeness (QED) is 0.0407. The molecule has 4 amide bonds. The van der Waals surface area contributed by atoms with Gasteiger partial charge < -0.3 is 18.9 Å². The zero-order chi connectivity index (χ0) is 55.2. The number of rotatable bonds is 16. The van der Waals surface area contributed by atoms with Crippen molar-refractivity contribution in [2.75, 3.05) is 24.0 Å². The Morgan fingerprint density at radius 3 is 1.06 bits per heavy atom. The number of ether oxygens (including phenoxy) is 4. The molecule has 11 rings (SSSR count). The molecule has 0 unspecified atom stereocenters. The molecule has 10 heteroatoms. The minimum atomic E-state index is -0.500. The van der Waals surface area contributed by atoms with E-state index in [-0.39, 0.29) is 34.8 Å². The first-order chi connectivity index (χ1) is 37.5. The minimum absolute atomic E-state index is 0.0200. The molecule has 0 N–H and O–H groups in total. The fourth-order valence-corrected chi connectivity index (χ4v) is 11.9. The summed E-state index contributed by atoms with van der Waals surface area (Å²) < 4.78 is 26.2. The van der Waals surface area contributed by atoms with E-state index in [1.807, 2.05) is 97.1 Å². The summed E-state index contributed by atoms with van der Waals surface area (Å²) in [5.74, 6) is 0.271. The number of nitrogens with zero attached hydrogens (tertiary/aromatic N) is 2. The summed E-state index contributed by atoms with van der Waals surface area (Å²) in [4.78, 5) is 65.4. The van der Waals surface area contributed by atoms with Gasteiger partial charge >= 0.3 is 0 Å². The molecule has 0 fully saturated rings. The Kier molecular flexibility index (Phi) is 12.9. The molecule has 9 aromatic rings. The van der Waals surface area contributed by atoms with Crippen LogP contribution >= 0.6 is 0 Å². The molecule has 0 aliphatic carbocycles. The van der Waals surface area contributed by atoms with Gasteiger partial charge in [-0.25, -0.2) is 9.80 Å². The molecule has 2 aliphatic rings. The maximum absolute atomic E-state index is 15.8. The van der Waals surface area contributed by atoms with Crippen molar-refractivity contribution >= 4 is 78.1 Å². The van der Waals surface area contributed by atoms with Gasteiger partial charge in [0.05, 0.1) is 36.7 Å². The number of hydrogen-bond donors (Lipinski definition) is 0. The molecule has 0 aromatic heterocycles. The molecule has 0 radical (unpaired) electrons. The van der Waals surface area contributed by atoms with Crippen molar-refractivity contribution in [3.8, 4) is 34.5 Å². The average molecular weight is 1040 g/mol. The van der Waals surface area contributed by atoms with Crippen molar-refractivity contribution in [2.45, 2.75) is 91.9 Å². The zero-order valence-electron chi connectivity index (χ0n) is 45.8. The van der Waals surface area contributed by atoms with E-state index in [0.717, 1.165) is 33.4 Å². The van der Waals surface area contributed by atoms with E-state index in [2.05, 4.69) is 68.5 Å². The first-order valence-corrected chi connectivity index (χ1v) is 26.8. The number of methoxy groups -OCH3 is 2. The fraction of sp³-hybridized carbons (Fsp3) is 0.235. The maximum atomic E-state index is 15.8. The number of para-hydroxylation sites is 2. The zero-order valence-corrected chi connectivity index (χ0v) is 45.8. The second-order valence-electron chi connectivity index (χ2n) is 21.7. The van der Waals surface area contributed by atoms with Crippen LogP contribution in [0, 0.1) is 0 Å². The normalized spacial score (nSPS) is 13.5. The molecule has 0 atom stereocenters. The van der Waals surface area contributed by atoms with Crippen LogP contribution in [-0.2, 0) is 12.8 Å². The molecule has 0 saturated carbocycles. The van der Waals surface area contributed by atoms with Crippen LogP contribution in [0.1, 0.15) is 154 Å². The third-order valence-electron chi connectivity index (χ3n) is 15.6. The molecule has 78 heavy (non-hydrogen) atoms. The lowest BCUT2D eigenvalue weighted by Gasteiger charge is -2.34. The first-order valence-electron chi connectivity index (χ1n) is 26.8. The SMILES string of the molecule is C=CCc1ccc(Oc2cc3c4c(ccc5c6c(Oc7ccc(CC=C)cc7OC)cc7c8c(ccc(c2c45)c86)C(=O)N(c2c(C(C)C)cccc2C(C)C)C7=O)C(=O)N(c2c(C(C)C)cccc2C(C)C)C3=O)c(OC)c1. The number of allylic oxidation sites excluding steroid dienone is 2. The summed E-state index contributed by atoms with van der Waals surface area (Å²) >= 11 is 0. The van der Waals surface area contributed by atoms with Crippen LogP contribution in [0.5, 0.6) is 34.5 Å². The number of imide groups is 2. The summed E-state index contributed by atoms with van der Waals surface area (Å²) in [6.45, 7) is 24.4. The predicted octanol–water partition coefficient (Wildman–Crippen LogP) is 16.9. The summed E-state index contributed by atoms with van der Waals surface area (Å²) in [6.07, 6.45) is 4.82. The molecule has 0 bridgehead atoms. The number of carbonyl (C=O) groups is 4. The van der Waals surface area contributed by atoms with E-state index in [1.54, 1.807) is 38.5 Å². The van der Waals surface area contributed by atoms with Gasteiger partial charge in [0.15, 0.2) is 23.0 Å². The van der Waals surface area contributed by atoms with Gasteiger partial charge in [-0.3, -0.25) is 19.2 Å². The molecule has 0 spiro atoms. The molecule has 2 heterocycles. The van der Waals surface area contributed by atoms with Gasteiger partial charge in [-0.05, 0) is 129 Å². The largest absolute Gasteiger partial charge is 0.493 e. The highest BCUT2D eigenvalue weighted by Crippen LogP contribution is 2.55. The van der Waals surface area contributed by atoms with Crippen molar-refractivity contribution in [3.05, 3.63) is 190 Å². The lowest BCUT2D eigenvalue weighted by Crippen LogP contribution is -2.42. The number of carbonyl (C=O) groups excluding carboxylic acids is 4. The van der Waals surface area contributed by atoms with Crippen molar-refractivity contribution in [2.24, 2.45) is 0 Å². The lowest BCUT2D eigenvalue weighted by molar-refractivity contribution is 0.0877. The van der Waals surface area contributed by atoms with Crippen LogP contribution in [-0.4, -0.2) is 37.8 Å². The second-order valence-corrected chi connectivity index (χ2v) is 21.7. The van der Waals surface area contributed by atoms with Crippen molar-refractivity contribution < 1.29 is 38.1 Å². The van der Waals surface area contributed by atoms with Crippen LogP contribution in [0.25, 0.3) is 43.1 Å². The number of amides is 4. The monoisotopic (exact) mass is 1030 g/mol. The van der Waals surface area contributed by atoms with Crippen LogP contribution in [0.3, 0.4) is 0 Å². The Labute approximate surface area is 454 Å². The van der Waals surface area contributed by atoms with Crippen LogP contribution in [0.4, 0.5) is 11.4 Å². The van der Waals surface area contributed by atoms with E-state index in [1.165, 1.54) is 9.80 Å². The van der Waals surface area contributed by atoms with E-state index < -0.39 is 23.6 Å². The molecule has 2 aliphatic heterocycles. The molecule has 0 saturated heterocycles. The van der Waals surface area contributed by atoms with Gasteiger partial charge in [0, 0.05) is 43.4 Å². The van der Waals surface area contributed by atoms with Crippen molar-refractivity contribution in [1.29, 1.82) is 0 Å². The fourth-order valence-electron chi connectivity index (χ4n) is 11.9. The highest BCUT2D eigenvalue weighted by molar-refractivity contribution is 6.47. The Balaban J connectivity index is 1.28. The van der Waals surface area contributed by atoms with Crippen molar-refractivity contribution in [1.82, 2.24) is 0 Å². The van der Waals surface area contributed by atoms with E-state index >= 15 is 19.2 Å². The van der Waals surface area contributed by atoms with E-state index in [9.17, 15) is 0 Å².